The third kappa shape index (κ3) is 6.85. The Labute approximate surface area is 196 Å². The highest BCUT2D eigenvalue weighted by molar-refractivity contribution is 7.89. The van der Waals surface area contributed by atoms with E-state index in [9.17, 15) is 22.4 Å². The van der Waals surface area contributed by atoms with Crippen LogP contribution in [0.25, 0.3) is 0 Å². The molecular weight excluding hydrogens is 469 g/mol. The Bertz CT molecular complexity index is 1270. The van der Waals surface area contributed by atoms with Crippen LogP contribution in [0.1, 0.15) is 22.8 Å². The topological polar surface area (TPSA) is 104 Å². The normalized spacial score (nSPS) is 12.1. The van der Waals surface area contributed by atoms with Crippen LogP contribution in [0, 0.1) is 5.82 Å². The summed E-state index contributed by atoms with van der Waals surface area (Å²) < 4.78 is 40.5. The van der Waals surface area contributed by atoms with Crippen molar-refractivity contribution in [3.63, 3.8) is 0 Å². The van der Waals surface area contributed by atoms with Gasteiger partial charge in [-0.15, -0.1) is 0 Å². The fourth-order valence-corrected chi connectivity index (χ4v) is 4.23. The van der Waals surface area contributed by atoms with Gasteiger partial charge in [0, 0.05) is 22.8 Å². The van der Waals surface area contributed by atoms with Crippen molar-refractivity contribution in [1.82, 2.24) is 10.0 Å². The first-order valence-electron chi connectivity index (χ1n) is 9.85. The number of benzene rings is 3. The summed E-state index contributed by atoms with van der Waals surface area (Å²) in [5.41, 5.74) is 1.32. The molecule has 33 heavy (non-hydrogen) atoms. The fourth-order valence-electron chi connectivity index (χ4n) is 2.90. The van der Waals surface area contributed by atoms with Crippen molar-refractivity contribution in [2.75, 3.05) is 5.32 Å². The summed E-state index contributed by atoms with van der Waals surface area (Å²) in [7, 11) is -3.90. The lowest BCUT2D eigenvalue weighted by Gasteiger charge is -2.15. The second-order valence-corrected chi connectivity index (χ2v) is 9.33. The molecule has 0 heterocycles. The van der Waals surface area contributed by atoms with Crippen molar-refractivity contribution < 1.29 is 22.4 Å². The quantitative estimate of drug-likeness (QED) is 0.448. The van der Waals surface area contributed by atoms with E-state index < -0.39 is 33.7 Å². The van der Waals surface area contributed by atoms with E-state index in [0.29, 0.717) is 16.3 Å². The van der Waals surface area contributed by atoms with E-state index in [0.717, 1.165) is 6.07 Å². The van der Waals surface area contributed by atoms with Gasteiger partial charge in [0.25, 0.3) is 5.91 Å². The molecule has 0 aliphatic carbocycles. The molecular formula is C23H21ClFN3O4S. The van der Waals surface area contributed by atoms with Gasteiger partial charge in [-0.25, -0.2) is 12.8 Å². The number of amides is 2. The lowest BCUT2D eigenvalue weighted by Crippen LogP contribution is -2.44. The van der Waals surface area contributed by atoms with E-state index in [2.05, 4.69) is 15.4 Å². The summed E-state index contributed by atoms with van der Waals surface area (Å²) in [5.74, 6) is -1.51. The maximum absolute atomic E-state index is 13.3. The van der Waals surface area contributed by atoms with Crippen LogP contribution in [-0.2, 0) is 21.4 Å². The largest absolute Gasteiger partial charge is 0.351 e. The first-order chi connectivity index (χ1) is 15.6. The number of nitrogens with one attached hydrogen (secondary N) is 3. The van der Waals surface area contributed by atoms with E-state index in [4.69, 9.17) is 11.6 Å². The van der Waals surface area contributed by atoms with Crippen LogP contribution in [0.3, 0.4) is 0 Å². The molecule has 3 rings (SSSR count). The summed E-state index contributed by atoms with van der Waals surface area (Å²) >= 11 is 5.78. The smallest absolute Gasteiger partial charge is 0.255 e. The molecule has 3 N–H and O–H groups in total. The summed E-state index contributed by atoms with van der Waals surface area (Å²) in [5, 5.41) is 5.72. The molecule has 1 atom stereocenters. The molecule has 3 aromatic rings. The summed E-state index contributed by atoms with van der Waals surface area (Å²) in [6, 6.07) is 16.6. The van der Waals surface area contributed by atoms with Crippen LogP contribution in [0.4, 0.5) is 10.1 Å². The van der Waals surface area contributed by atoms with Crippen molar-refractivity contribution in [3.05, 3.63) is 94.8 Å². The molecule has 0 aliphatic rings. The van der Waals surface area contributed by atoms with Crippen LogP contribution >= 0.6 is 11.6 Å². The molecule has 3 aromatic carbocycles. The number of carbonyl (C=O) groups excluding carboxylic acids is 2. The van der Waals surface area contributed by atoms with Gasteiger partial charge in [-0.1, -0.05) is 29.8 Å². The van der Waals surface area contributed by atoms with Gasteiger partial charge in [0.2, 0.25) is 15.9 Å². The Morgan fingerprint density at radius 3 is 2.39 bits per heavy atom. The average molecular weight is 490 g/mol. The SMILES string of the molecule is C[C@H](NS(=O)(=O)c1ccc(Cl)cc1)C(=O)NCc1cccc(NC(=O)c2cccc(F)c2)c1. The lowest BCUT2D eigenvalue weighted by molar-refractivity contribution is -0.122. The van der Waals surface area contributed by atoms with Crippen LogP contribution in [0.2, 0.25) is 5.02 Å². The summed E-state index contributed by atoms with van der Waals surface area (Å²) in [6.07, 6.45) is 0. The molecule has 0 saturated carbocycles. The maximum atomic E-state index is 13.3. The first-order valence-corrected chi connectivity index (χ1v) is 11.7. The first kappa shape index (κ1) is 24.4. The number of halogens is 2. The van der Waals surface area contributed by atoms with Gasteiger partial charge in [-0.3, -0.25) is 9.59 Å². The van der Waals surface area contributed by atoms with Gasteiger partial charge in [0.05, 0.1) is 10.9 Å². The van der Waals surface area contributed by atoms with Gasteiger partial charge in [0.1, 0.15) is 5.82 Å². The molecule has 172 valence electrons. The van der Waals surface area contributed by atoms with Crippen molar-refractivity contribution in [2.24, 2.45) is 0 Å². The number of hydrogen-bond donors (Lipinski definition) is 3. The molecule has 10 heteroatoms. The van der Waals surface area contributed by atoms with Crippen LogP contribution in [-0.4, -0.2) is 26.3 Å². The Kier molecular flexibility index (Phi) is 7.80. The fraction of sp³-hybridized carbons (Fsp3) is 0.130. The molecule has 0 fully saturated rings. The summed E-state index contributed by atoms with van der Waals surface area (Å²) in [4.78, 5) is 24.7. The van der Waals surface area contributed by atoms with Gasteiger partial charge < -0.3 is 10.6 Å². The highest BCUT2D eigenvalue weighted by atomic mass is 35.5. The number of carbonyl (C=O) groups is 2. The third-order valence-corrected chi connectivity index (χ3v) is 6.40. The second kappa shape index (κ2) is 10.6. The maximum Gasteiger partial charge on any atom is 0.255 e. The second-order valence-electron chi connectivity index (χ2n) is 7.18. The minimum atomic E-state index is -3.90. The van der Waals surface area contributed by atoms with Crippen molar-refractivity contribution in [1.29, 1.82) is 0 Å². The van der Waals surface area contributed by atoms with Crippen molar-refractivity contribution >= 4 is 39.1 Å². The predicted molar refractivity (Wildman–Crippen MR) is 124 cm³/mol. The number of sulfonamides is 1. The molecule has 0 radical (unpaired) electrons. The Hall–Kier alpha value is -3.27. The number of anilines is 1. The molecule has 0 saturated heterocycles. The monoisotopic (exact) mass is 489 g/mol. The summed E-state index contributed by atoms with van der Waals surface area (Å²) in [6.45, 7) is 1.54. The van der Waals surface area contributed by atoms with Gasteiger partial charge in [-0.05, 0) is 67.1 Å². The van der Waals surface area contributed by atoms with E-state index in [-0.39, 0.29) is 17.0 Å². The zero-order valence-electron chi connectivity index (χ0n) is 17.5. The third-order valence-electron chi connectivity index (χ3n) is 4.59. The van der Waals surface area contributed by atoms with Crippen LogP contribution < -0.4 is 15.4 Å². The Morgan fingerprint density at radius 2 is 1.70 bits per heavy atom. The van der Waals surface area contributed by atoms with Gasteiger partial charge in [-0.2, -0.15) is 4.72 Å². The zero-order valence-corrected chi connectivity index (χ0v) is 19.1. The number of hydrogen-bond acceptors (Lipinski definition) is 4. The molecule has 0 aliphatic heterocycles. The highest BCUT2D eigenvalue weighted by Crippen LogP contribution is 2.15. The molecule has 0 aromatic heterocycles. The lowest BCUT2D eigenvalue weighted by atomic mass is 10.1. The Balaban J connectivity index is 1.57. The van der Waals surface area contributed by atoms with E-state index in [1.807, 2.05) is 0 Å². The number of rotatable bonds is 8. The minimum Gasteiger partial charge on any atom is -0.351 e. The van der Waals surface area contributed by atoms with E-state index in [1.165, 1.54) is 49.4 Å². The molecule has 7 nitrogen and oxygen atoms in total. The van der Waals surface area contributed by atoms with Gasteiger partial charge >= 0.3 is 0 Å². The predicted octanol–water partition coefficient (Wildman–Crippen LogP) is 3.71. The van der Waals surface area contributed by atoms with Crippen molar-refractivity contribution in [3.8, 4) is 0 Å². The van der Waals surface area contributed by atoms with Crippen LogP contribution in [0.15, 0.2) is 77.7 Å². The van der Waals surface area contributed by atoms with Crippen LogP contribution in [0.5, 0.6) is 0 Å². The Morgan fingerprint density at radius 1 is 1.00 bits per heavy atom. The van der Waals surface area contributed by atoms with Gasteiger partial charge in [0.15, 0.2) is 0 Å². The highest BCUT2D eigenvalue weighted by Gasteiger charge is 2.22. The van der Waals surface area contributed by atoms with E-state index >= 15 is 0 Å². The molecule has 2 amide bonds. The van der Waals surface area contributed by atoms with Crippen molar-refractivity contribution in [2.45, 2.75) is 24.4 Å². The molecule has 0 spiro atoms. The zero-order chi connectivity index (χ0) is 24.0. The average Bonchev–Trinajstić information content (AvgIpc) is 2.77. The molecule has 0 bridgehead atoms. The standard InChI is InChI=1S/C23H21ClFN3O4S/c1-15(28-33(31,32)21-10-8-18(24)9-11-21)22(29)26-14-16-4-2-7-20(12-16)27-23(30)17-5-3-6-19(25)13-17/h2-13,15,28H,14H2,1H3,(H,26,29)(H,27,30)/t15-/m0/s1. The minimum absolute atomic E-state index is 0.00621. The van der Waals surface area contributed by atoms with E-state index in [1.54, 1.807) is 24.3 Å². The molecule has 0 unspecified atom stereocenters.